The predicted octanol–water partition coefficient (Wildman–Crippen LogP) is 3.95. The molecular formula is C13H13BrN2OS. The van der Waals surface area contributed by atoms with Crippen molar-refractivity contribution in [3.8, 4) is 0 Å². The quantitative estimate of drug-likeness (QED) is 0.869. The molecular weight excluding hydrogens is 312 g/mol. The molecule has 18 heavy (non-hydrogen) atoms. The second-order valence-electron chi connectivity index (χ2n) is 3.89. The van der Waals surface area contributed by atoms with Crippen LogP contribution < -0.4 is 0 Å². The summed E-state index contributed by atoms with van der Waals surface area (Å²) in [5.74, 6) is 0.717. The summed E-state index contributed by atoms with van der Waals surface area (Å²) in [5, 5.41) is 0. The van der Waals surface area contributed by atoms with Gasteiger partial charge in [-0.15, -0.1) is 0 Å². The Hall–Kier alpha value is -1.04. The molecule has 3 nitrogen and oxygen atoms in total. The van der Waals surface area contributed by atoms with Gasteiger partial charge in [-0.1, -0.05) is 42.5 Å². The maximum absolute atomic E-state index is 5.52. The van der Waals surface area contributed by atoms with Gasteiger partial charge in [0, 0.05) is 12.8 Å². The summed E-state index contributed by atoms with van der Waals surface area (Å²) in [6.45, 7) is 1.95. The van der Waals surface area contributed by atoms with Crippen LogP contribution in [0.2, 0.25) is 0 Å². The average Bonchev–Trinajstić information content (AvgIpc) is 2.38. The summed E-state index contributed by atoms with van der Waals surface area (Å²) < 4.78 is 6.88. The number of methoxy groups -OCH3 is 1. The van der Waals surface area contributed by atoms with Crippen molar-refractivity contribution in [3.05, 3.63) is 56.5 Å². The summed E-state index contributed by atoms with van der Waals surface area (Å²) in [5.41, 5.74) is 1.99. The molecule has 1 aromatic heterocycles. The molecule has 94 valence electrons. The number of H-pyrrole nitrogens is 1. The maximum Gasteiger partial charge on any atom is 0.144 e. The number of aromatic nitrogens is 2. The van der Waals surface area contributed by atoms with Crippen molar-refractivity contribution in [2.45, 2.75) is 13.0 Å². The number of ether oxygens (including phenoxy) is 1. The topological polar surface area (TPSA) is 37.9 Å². The van der Waals surface area contributed by atoms with Crippen LogP contribution in [0.15, 0.2) is 34.8 Å². The SMILES string of the molecule is COC(c1ccccc1)c1nc(=S)c(Br)c(C)[nH]1. The standard InChI is InChI=1S/C13H13BrN2OS/c1-8-10(14)13(18)16-12(15-8)11(17-2)9-6-4-3-5-7-9/h3-7,11H,1-2H3,(H,15,16,18). The molecule has 2 rings (SSSR count). The molecule has 0 bridgehead atoms. The molecule has 0 saturated heterocycles. The highest BCUT2D eigenvalue weighted by Crippen LogP contribution is 2.24. The van der Waals surface area contributed by atoms with Gasteiger partial charge in [0.2, 0.25) is 0 Å². The zero-order valence-electron chi connectivity index (χ0n) is 10.1. The fourth-order valence-corrected chi connectivity index (χ4v) is 2.19. The van der Waals surface area contributed by atoms with Crippen LogP contribution in [0.1, 0.15) is 23.2 Å². The van der Waals surface area contributed by atoms with Gasteiger partial charge < -0.3 is 9.72 Å². The van der Waals surface area contributed by atoms with Crippen LogP contribution >= 0.6 is 28.1 Å². The van der Waals surface area contributed by atoms with Gasteiger partial charge in [0.15, 0.2) is 0 Å². The van der Waals surface area contributed by atoms with E-state index in [0.717, 1.165) is 21.6 Å². The first-order valence-electron chi connectivity index (χ1n) is 5.47. The Morgan fingerprint density at radius 1 is 1.33 bits per heavy atom. The predicted molar refractivity (Wildman–Crippen MR) is 77.2 cm³/mol. The minimum atomic E-state index is -0.236. The van der Waals surface area contributed by atoms with E-state index in [2.05, 4.69) is 25.9 Å². The molecule has 5 heteroatoms. The number of benzene rings is 1. The Kier molecular flexibility index (Phi) is 4.27. The lowest BCUT2D eigenvalue weighted by molar-refractivity contribution is 0.128. The van der Waals surface area contributed by atoms with E-state index in [4.69, 9.17) is 17.0 Å². The van der Waals surface area contributed by atoms with Crippen LogP contribution in [0.25, 0.3) is 0 Å². The fraction of sp³-hybridized carbons (Fsp3) is 0.231. The van der Waals surface area contributed by atoms with Gasteiger partial charge >= 0.3 is 0 Å². The van der Waals surface area contributed by atoms with Gasteiger partial charge in [0.05, 0.1) is 4.47 Å². The molecule has 0 aliphatic carbocycles. The lowest BCUT2D eigenvalue weighted by atomic mass is 10.1. The molecule has 0 radical (unpaired) electrons. The van der Waals surface area contributed by atoms with Crippen LogP contribution in [0, 0.1) is 11.6 Å². The van der Waals surface area contributed by atoms with Crippen LogP contribution in [0.4, 0.5) is 0 Å². The molecule has 0 fully saturated rings. The highest BCUT2D eigenvalue weighted by molar-refractivity contribution is 9.10. The van der Waals surface area contributed by atoms with E-state index >= 15 is 0 Å². The molecule has 0 amide bonds. The first-order chi connectivity index (χ1) is 8.63. The highest BCUT2D eigenvalue weighted by atomic mass is 79.9. The molecule has 0 aliphatic heterocycles. The Balaban J connectivity index is 2.49. The number of nitrogens with one attached hydrogen (secondary N) is 1. The largest absolute Gasteiger partial charge is 0.369 e. The third-order valence-electron chi connectivity index (χ3n) is 2.64. The normalized spacial score (nSPS) is 12.4. The smallest absolute Gasteiger partial charge is 0.144 e. The zero-order valence-corrected chi connectivity index (χ0v) is 12.5. The summed E-state index contributed by atoms with van der Waals surface area (Å²) >= 11 is 8.61. The van der Waals surface area contributed by atoms with Gasteiger partial charge in [-0.2, -0.15) is 0 Å². The summed E-state index contributed by atoms with van der Waals surface area (Å²) in [7, 11) is 1.66. The minimum absolute atomic E-state index is 0.236. The number of aryl methyl sites for hydroxylation is 1. The number of hydrogen-bond acceptors (Lipinski definition) is 3. The van der Waals surface area contributed by atoms with E-state index in [1.165, 1.54) is 0 Å². The van der Waals surface area contributed by atoms with Gasteiger partial charge in [-0.3, -0.25) is 0 Å². The van der Waals surface area contributed by atoms with E-state index in [0.29, 0.717) is 4.64 Å². The van der Waals surface area contributed by atoms with Crippen molar-refractivity contribution < 1.29 is 4.74 Å². The average molecular weight is 325 g/mol. The first-order valence-corrected chi connectivity index (χ1v) is 6.67. The Morgan fingerprint density at radius 3 is 2.56 bits per heavy atom. The molecule has 2 aromatic rings. The van der Waals surface area contributed by atoms with Crippen LogP contribution in [0.3, 0.4) is 0 Å². The highest BCUT2D eigenvalue weighted by Gasteiger charge is 2.16. The van der Waals surface area contributed by atoms with Gasteiger partial charge in [0.25, 0.3) is 0 Å². The van der Waals surface area contributed by atoms with E-state index in [9.17, 15) is 0 Å². The number of hydrogen-bond donors (Lipinski definition) is 1. The maximum atomic E-state index is 5.52. The van der Waals surface area contributed by atoms with E-state index in [-0.39, 0.29) is 6.10 Å². The van der Waals surface area contributed by atoms with Gasteiger partial charge in [-0.05, 0) is 28.4 Å². The molecule has 1 unspecified atom stereocenters. The summed E-state index contributed by atoms with van der Waals surface area (Å²) in [6, 6.07) is 9.93. The van der Waals surface area contributed by atoms with Crippen LogP contribution in [-0.4, -0.2) is 17.1 Å². The third kappa shape index (κ3) is 2.68. The Morgan fingerprint density at radius 2 is 2.00 bits per heavy atom. The second-order valence-corrected chi connectivity index (χ2v) is 5.07. The van der Waals surface area contributed by atoms with Crippen molar-refractivity contribution in [1.29, 1.82) is 0 Å². The van der Waals surface area contributed by atoms with Crippen molar-refractivity contribution in [3.63, 3.8) is 0 Å². The molecule has 1 aromatic carbocycles. The monoisotopic (exact) mass is 324 g/mol. The van der Waals surface area contributed by atoms with E-state index in [1.807, 2.05) is 37.3 Å². The van der Waals surface area contributed by atoms with Gasteiger partial charge in [0.1, 0.15) is 16.6 Å². The lowest BCUT2D eigenvalue weighted by Crippen LogP contribution is -2.09. The zero-order chi connectivity index (χ0) is 13.1. The molecule has 0 aliphatic rings. The minimum Gasteiger partial charge on any atom is -0.369 e. The number of aromatic amines is 1. The van der Waals surface area contributed by atoms with Gasteiger partial charge in [-0.25, -0.2) is 4.98 Å². The van der Waals surface area contributed by atoms with E-state index in [1.54, 1.807) is 7.11 Å². The van der Waals surface area contributed by atoms with Crippen LogP contribution in [-0.2, 0) is 4.74 Å². The lowest BCUT2D eigenvalue weighted by Gasteiger charge is -2.16. The van der Waals surface area contributed by atoms with E-state index < -0.39 is 0 Å². The number of rotatable bonds is 3. The van der Waals surface area contributed by atoms with Crippen molar-refractivity contribution in [2.24, 2.45) is 0 Å². The first kappa shape index (κ1) is 13.4. The second kappa shape index (κ2) is 5.73. The number of halogens is 1. The molecule has 1 N–H and O–H groups in total. The molecule has 0 spiro atoms. The van der Waals surface area contributed by atoms with Crippen LogP contribution in [0.5, 0.6) is 0 Å². The molecule has 0 saturated carbocycles. The molecule has 1 atom stereocenters. The summed E-state index contributed by atoms with van der Waals surface area (Å²) in [6.07, 6.45) is -0.236. The Labute approximate surface area is 119 Å². The number of nitrogens with zero attached hydrogens (tertiary/aromatic N) is 1. The fourth-order valence-electron chi connectivity index (χ4n) is 1.75. The third-order valence-corrected chi connectivity index (χ3v) is 4.17. The van der Waals surface area contributed by atoms with Crippen molar-refractivity contribution in [2.75, 3.05) is 7.11 Å². The van der Waals surface area contributed by atoms with Crippen molar-refractivity contribution >= 4 is 28.1 Å². The van der Waals surface area contributed by atoms with Crippen molar-refractivity contribution in [1.82, 2.24) is 9.97 Å². The Bertz CT molecular complexity index is 598. The molecule has 1 heterocycles. The summed E-state index contributed by atoms with van der Waals surface area (Å²) in [4.78, 5) is 7.58.